The molecule has 0 aliphatic carbocycles. The zero-order valence-electron chi connectivity index (χ0n) is 17.8. The van der Waals surface area contributed by atoms with E-state index in [2.05, 4.69) is 15.1 Å². The predicted octanol–water partition coefficient (Wildman–Crippen LogP) is 5.08. The number of aryl methyl sites for hydroxylation is 1. The quantitative estimate of drug-likeness (QED) is 0.314. The Hall–Kier alpha value is -3.63. The minimum Gasteiger partial charge on any atom is -0.452 e. The molecule has 10 heteroatoms. The first kappa shape index (κ1) is 21.2. The Kier molecular flexibility index (Phi) is 5.61. The van der Waals surface area contributed by atoms with Gasteiger partial charge in [-0.05, 0) is 43.5 Å². The average Bonchev–Trinajstić information content (AvgIpc) is 3.57. The van der Waals surface area contributed by atoms with Crippen LogP contribution in [-0.4, -0.2) is 40.2 Å². The second kappa shape index (κ2) is 8.72. The van der Waals surface area contributed by atoms with E-state index in [9.17, 15) is 9.59 Å². The van der Waals surface area contributed by atoms with E-state index < -0.39 is 12.6 Å². The number of rotatable bonds is 6. The van der Waals surface area contributed by atoms with E-state index in [1.807, 2.05) is 48.7 Å². The summed E-state index contributed by atoms with van der Waals surface area (Å²) in [5.74, 6) is -0.990. The monoisotopic (exact) mass is 478 g/mol. The molecule has 0 saturated carbocycles. The maximum Gasteiger partial charge on any atom is 0.339 e. The van der Waals surface area contributed by atoms with Gasteiger partial charge in [-0.15, -0.1) is 11.3 Å². The summed E-state index contributed by atoms with van der Waals surface area (Å²) in [7, 11) is 0. The molecule has 0 atom stereocenters. The lowest BCUT2D eigenvalue weighted by molar-refractivity contribution is -0.121. The first-order valence-corrected chi connectivity index (χ1v) is 11.9. The van der Waals surface area contributed by atoms with Crippen LogP contribution in [0.4, 0.5) is 5.13 Å². The number of carbonyl (C=O) groups excluding carboxylic acids is 2. The number of esters is 1. The van der Waals surface area contributed by atoms with Gasteiger partial charge in [0.1, 0.15) is 0 Å². The molecule has 0 aliphatic rings. The fraction of sp³-hybridized carbons (Fsp3) is 0.174. The summed E-state index contributed by atoms with van der Waals surface area (Å²) in [6.07, 6.45) is 0. The number of anilines is 1. The third kappa shape index (κ3) is 3.98. The molecular weight excluding hydrogens is 460 g/mol. The molecule has 4 heterocycles. The number of fused-ring (bicyclic) bond motifs is 2. The molecule has 5 rings (SSSR count). The standard InChI is InChI=1S/C23H18N4O4S2/c1-3-27(23-25-15-7-4-5-8-18(15)33-23)19(28)12-30-22(29)14-11-16(17-9-6-10-32-17)24-21-20(14)13(2)26-31-21/h4-11H,3,12H2,1-2H3. The number of hydrogen-bond acceptors (Lipinski definition) is 9. The van der Waals surface area contributed by atoms with Crippen molar-refractivity contribution in [3.63, 3.8) is 0 Å². The molecule has 4 aromatic heterocycles. The normalized spacial score (nSPS) is 11.2. The number of thiophene rings is 1. The molecule has 0 radical (unpaired) electrons. The lowest BCUT2D eigenvalue weighted by atomic mass is 10.1. The Morgan fingerprint density at radius 2 is 2.00 bits per heavy atom. The van der Waals surface area contributed by atoms with Crippen LogP contribution in [-0.2, 0) is 9.53 Å². The number of likely N-dealkylation sites (N-methyl/N-ethyl adjacent to an activating group) is 1. The summed E-state index contributed by atoms with van der Waals surface area (Å²) >= 11 is 2.91. The van der Waals surface area contributed by atoms with E-state index in [1.165, 1.54) is 27.6 Å². The molecule has 5 aromatic rings. The Bertz CT molecular complexity index is 1440. The molecule has 1 aromatic carbocycles. The number of nitrogens with zero attached hydrogens (tertiary/aromatic N) is 4. The SMILES string of the molecule is CCN(C(=O)COC(=O)c1cc(-c2cccs2)nc2onc(C)c12)c1nc2ccccc2s1. The number of amides is 1. The number of benzene rings is 1. The van der Waals surface area contributed by atoms with Gasteiger partial charge in [-0.3, -0.25) is 9.69 Å². The van der Waals surface area contributed by atoms with E-state index >= 15 is 0 Å². The highest BCUT2D eigenvalue weighted by Crippen LogP contribution is 2.31. The second-order valence-electron chi connectivity index (χ2n) is 7.16. The molecule has 0 spiro atoms. The fourth-order valence-corrected chi connectivity index (χ4v) is 5.22. The van der Waals surface area contributed by atoms with Gasteiger partial charge < -0.3 is 9.26 Å². The Morgan fingerprint density at radius 3 is 2.76 bits per heavy atom. The van der Waals surface area contributed by atoms with Gasteiger partial charge in [0.25, 0.3) is 11.6 Å². The third-order valence-electron chi connectivity index (χ3n) is 5.07. The van der Waals surface area contributed by atoms with Crippen molar-refractivity contribution in [1.29, 1.82) is 0 Å². The number of carbonyl (C=O) groups is 2. The van der Waals surface area contributed by atoms with E-state index in [0.717, 1.165) is 15.1 Å². The minimum absolute atomic E-state index is 0.251. The van der Waals surface area contributed by atoms with Crippen molar-refractivity contribution in [3.05, 3.63) is 59.1 Å². The molecular formula is C23H18N4O4S2. The van der Waals surface area contributed by atoms with E-state index in [-0.39, 0.29) is 17.2 Å². The van der Waals surface area contributed by atoms with Crippen LogP contribution in [0.15, 0.2) is 52.4 Å². The van der Waals surface area contributed by atoms with E-state index in [0.29, 0.717) is 28.5 Å². The van der Waals surface area contributed by atoms with Gasteiger partial charge in [0, 0.05) is 6.54 Å². The van der Waals surface area contributed by atoms with Crippen LogP contribution in [0, 0.1) is 6.92 Å². The molecule has 0 bridgehead atoms. The van der Waals surface area contributed by atoms with Gasteiger partial charge in [-0.2, -0.15) is 0 Å². The van der Waals surface area contributed by atoms with Crippen LogP contribution in [0.1, 0.15) is 23.0 Å². The highest BCUT2D eigenvalue weighted by Gasteiger charge is 2.24. The lowest BCUT2D eigenvalue weighted by Gasteiger charge is -2.17. The maximum atomic E-state index is 13.0. The van der Waals surface area contributed by atoms with Crippen LogP contribution in [0.3, 0.4) is 0 Å². The number of hydrogen-bond donors (Lipinski definition) is 0. The van der Waals surface area contributed by atoms with Crippen molar-refractivity contribution in [1.82, 2.24) is 15.1 Å². The molecule has 0 aliphatic heterocycles. The van der Waals surface area contributed by atoms with Crippen molar-refractivity contribution in [2.45, 2.75) is 13.8 Å². The third-order valence-corrected chi connectivity index (χ3v) is 7.02. The summed E-state index contributed by atoms with van der Waals surface area (Å²) in [5, 5.41) is 6.90. The molecule has 33 heavy (non-hydrogen) atoms. The molecule has 0 saturated heterocycles. The van der Waals surface area contributed by atoms with E-state index in [4.69, 9.17) is 9.26 Å². The topological polar surface area (TPSA) is 98.4 Å². The Morgan fingerprint density at radius 1 is 1.15 bits per heavy atom. The van der Waals surface area contributed by atoms with Crippen LogP contribution < -0.4 is 4.90 Å². The van der Waals surface area contributed by atoms with Crippen molar-refractivity contribution < 1.29 is 18.8 Å². The van der Waals surface area contributed by atoms with Gasteiger partial charge in [0.2, 0.25) is 0 Å². The van der Waals surface area contributed by atoms with Crippen molar-refractivity contribution in [2.24, 2.45) is 0 Å². The van der Waals surface area contributed by atoms with Crippen LogP contribution in [0.2, 0.25) is 0 Å². The van der Waals surface area contributed by atoms with Crippen molar-refractivity contribution in [3.8, 4) is 10.6 Å². The van der Waals surface area contributed by atoms with Crippen molar-refractivity contribution in [2.75, 3.05) is 18.1 Å². The zero-order valence-corrected chi connectivity index (χ0v) is 19.4. The summed E-state index contributed by atoms with van der Waals surface area (Å²) in [6, 6.07) is 13.1. The maximum absolute atomic E-state index is 13.0. The first-order valence-electron chi connectivity index (χ1n) is 10.2. The molecule has 166 valence electrons. The van der Waals surface area contributed by atoms with Gasteiger partial charge in [-0.1, -0.05) is 34.7 Å². The Labute approximate surface area is 196 Å². The predicted molar refractivity (Wildman–Crippen MR) is 128 cm³/mol. The summed E-state index contributed by atoms with van der Waals surface area (Å²) in [6.45, 7) is 3.58. The minimum atomic E-state index is -0.639. The summed E-state index contributed by atoms with van der Waals surface area (Å²) in [5.41, 5.74) is 2.44. The van der Waals surface area contributed by atoms with Gasteiger partial charge in [0.05, 0.1) is 37.4 Å². The summed E-state index contributed by atoms with van der Waals surface area (Å²) in [4.78, 5) is 37.3. The van der Waals surface area contributed by atoms with Gasteiger partial charge in [0.15, 0.2) is 11.7 Å². The smallest absolute Gasteiger partial charge is 0.339 e. The molecule has 8 nitrogen and oxygen atoms in total. The second-order valence-corrected chi connectivity index (χ2v) is 9.12. The largest absolute Gasteiger partial charge is 0.452 e. The van der Waals surface area contributed by atoms with E-state index in [1.54, 1.807) is 13.0 Å². The average molecular weight is 479 g/mol. The number of ether oxygens (including phenoxy) is 1. The highest BCUT2D eigenvalue weighted by atomic mass is 32.1. The number of aromatic nitrogens is 3. The zero-order chi connectivity index (χ0) is 22.9. The van der Waals surface area contributed by atoms with Gasteiger partial charge >= 0.3 is 5.97 Å². The molecule has 1 amide bonds. The van der Waals surface area contributed by atoms with Gasteiger partial charge in [-0.25, -0.2) is 14.8 Å². The lowest BCUT2D eigenvalue weighted by Crippen LogP contribution is -2.34. The number of para-hydroxylation sites is 1. The molecule has 0 unspecified atom stereocenters. The fourth-order valence-electron chi connectivity index (χ4n) is 3.48. The molecule has 0 fully saturated rings. The molecule has 0 N–H and O–H groups in total. The van der Waals surface area contributed by atoms with Crippen LogP contribution >= 0.6 is 22.7 Å². The first-order chi connectivity index (χ1) is 16.0. The highest BCUT2D eigenvalue weighted by molar-refractivity contribution is 7.22. The number of thiazole rings is 1. The van der Waals surface area contributed by atoms with Crippen LogP contribution in [0.25, 0.3) is 31.9 Å². The summed E-state index contributed by atoms with van der Waals surface area (Å²) < 4.78 is 11.7. The Balaban J connectivity index is 1.39. The van der Waals surface area contributed by atoms with Crippen molar-refractivity contribution >= 4 is 61.0 Å². The van der Waals surface area contributed by atoms with Crippen LogP contribution in [0.5, 0.6) is 0 Å². The number of pyridine rings is 1.